The summed E-state index contributed by atoms with van der Waals surface area (Å²) in [6, 6.07) is 8.27. The molecule has 0 spiro atoms. The molecule has 1 N–H and O–H groups in total. The molecule has 0 aliphatic carbocycles. The Hall–Kier alpha value is -1.81. The van der Waals surface area contributed by atoms with Crippen molar-refractivity contribution < 1.29 is 27.8 Å². The lowest BCUT2D eigenvalue weighted by atomic mass is 10.2. The molecule has 0 radical (unpaired) electrons. The van der Waals surface area contributed by atoms with Gasteiger partial charge in [0.25, 0.3) is 0 Å². The molecule has 0 saturated carbocycles. The minimum absolute atomic E-state index is 0.165. The number of nitrogens with zero attached hydrogens (tertiary/aromatic N) is 1. The summed E-state index contributed by atoms with van der Waals surface area (Å²) in [5.74, 6) is 0.0977. The molecule has 2 aromatic rings. The molecule has 10 heteroatoms. The van der Waals surface area contributed by atoms with Crippen LogP contribution < -0.4 is 9.47 Å². The van der Waals surface area contributed by atoms with Crippen LogP contribution in [-0.2, 0) is 16.4 Å². The van der Waals surface area contributed by atoms with Crippen LogP contribution in [0.25, 0.3) is 0 Å². The molecule has 0 saturated heterocycles. The first kappa shape index (κ1) is 22.5. The number of thiophene rings is 1. The summed E-state index contributed by atoms with van der Waals surface area (Å²) in [5, 5.41) is 9.42. The van der Waals surface area contributed by atoms with E-state index in [1.54, 1.807) is 30.3 Å². The predicted molar refractivity (Wildman–Crippen MR) is 110 cm³/mol. The van der Waals surface area contributed by atoms with E-state index in [0.29, 0.717) is 35.9 Å². The number of hydrogen-bond acceptors (Lipinski definition) is 6. The van der Waals surface area contributed by atoms with Crippen molar-refractivity contribution in [2.75, 3.05) is 33.1 Å². The van der Waals surface area contributed by atoms with E-state index < -0.39 is 16.0 Å². The highest BCUT2D eigenvalue weighted by Gasteiger charge is 2.17. The number of rotatable bonds is 11. The molecule has 0 atom stereocenters. The number of benzene rings is 1. The van der Waals surface area contributed by atoms with E-state index in [0.717, 1.165) is 11.1 Å². The fourth-order valence-corrected chi connectivity index (χ4v) is 4.47. The zero-order chi connectivity index (χ0) is 20.7. The topological polar surface area (TPSA) is 93.1 Å². The normalized spacial score (nSPS) is 11.6. The fourth-order valence-electron chi connectivity index (χ4n) is 2.50. The third-order valence-electron chi connectivity index (χ3n) is 3.86. The van der Waals surface area contributed by atoms with Crippen molar-refractivity contribution in [1.82, 2.24) is 4.31 Å². The number of carbonyl (C=O) groups is 1. The maximum absolute atomic E-state index is 12.0. The quantitative estimate of drug-likeness (QED) is 0.567. The van der Waals surface area contributed by atoms with Gasteiger partial charge in [-0.2, -0.15) is 4.31 Å². The average molecular weight is 448 g/mol. The molecule has 7 nitrogen and oxygen atoms in total. The Morgan fingerprint density at radius 3 is 2.54 bits per heavy atom. The predicted octanol–water partition coefficient (Wildman–Crippen LogP) is 3.38. The highest BCUT2D eigenvalue weighted by molar-refractivity contribution is 7.88. The van der Waals surface area contributed by atoms with Crippen LogP contribution in [0.3, 0.4) is 0 Å². The summed E-state index contributed by atoms with van der Waals surface area (Å²) in [5.41, 5.74) is 0. The lowest BCUT2D eigenvalue weighted by Gasteiger charge is -2.20. The van der Waals surface area contributed by atoms with Crippen molar-refractivity contribution in [1.29, 1.82) is 0 Å². The number of halogens is 1. The summed E-state index contributed by atoms with van der Waals surface area (Å²) < 4.78 is 36.1. The van der Waals surface area contributed by atoms with Crippen LogP contribution in [0, 0.1) is 0 Å². The van der Waals surface area contributed by atoms with E-state index >= 15 is 0 Å². The zero-order valence-corrected chi connectivity index (χ0v) is 17.9. The van der Waals surface area contributed by atoms with Crippen molar-refractivity contribution in [3.05, 3.63) is 45.1 Å². The molecule has 154 valence electrons. The Morgan fingerprint density at radius 2 is 1.93 bits per heavy atom. The van der Waals surface area contributed by atoms with Crippen molar-refractivity contribution >= 4 is 38.9 Å². The van der Waals surface area contributed by atoms with E-state index in [1.165, 1.54) is 22.8 Å². The van der Waals surface area contributed by atoms with Crippen molar-refractivity contribution in [3.8, 4) is 11.5 Å². The zero-order valence-electron chi connectivity index (χ0n) is 15.6. The van der Waals surface area contributed by atoms with Crippen LogP contribution in [0.15, 0.2) is 30.3 Å². The Morgan fingerprint density at radius 1 is 1.21 bits per heavy atom. The molecule has 28 heavy (non-hydrogen) atoms. The van der Waals surface area contributed by atoms with Gasteiger partial charge in [-0.1, -0.05) is 11.6 Å². The van der Waals surface area contributed by atoms with E-state index in [1.807, 2.05) is 0 Å². The minimum Gasteiger partial charge on any atom is -0.497 e. The van der Waals surface area contributed by atoms with Crippen LogP contribution in [0.4, 0.5) is 0 Å². The SMILES string of the molecule is COc1cc(Cl)cc(OCCN(CCCc2ccc(C(=O)O)s2)S(C)(=O)=O)c1. The number of hydrogen-bond donors (Lipinski definition) is 1. The molecule has 0 unspecified atom stereocenters. The number of ether oxygens (including phenoxy) is 2. The first-order chi connectivity index (χ1) is 13.2. The highest BCUT2D eigenvalue weighted by Crippen LogP contribution is 2.25. The Balaban J connectivity index is 1.87. The standard InChI is InChI=1S/C18H22ClNO6S2/c1-25-14-10-13(19)11-15(12-14)26-9-8-20(28(2,23)24)7-3-4-16-5-6-17(27-16)18(21)22/h5-6,10-12H,3-4,7-9H2,1-2H3,(H,21,22). The summed E-state index contributed by atoms with van der Waals surface area (Å²) in [6.45, 7) is 0.679. The Labute approximate surface area is 173 Å². The molecule has 0 aliphatic heterocycles. The smallest absolute Gasteiger partial charge is 0.345 e. The second kappa shape index (κ2) is 10.1. The van der Waals surface area contributed by atoms with Crippen LogP contribution in [-0.4, -0.2) is 56.9 Å². The van der Waals surface area contributed by atoms with Gasteiger partial charge in [0.1, 0.15) is 23.0 Å². The van der Waals surface area contributed by atoms with E-state index in [4.69, 9.17) is 26.2 Å². The average Bonchev–Trinajstić information content (AvgIpc) is 3.08. The van der Waals surface area contributed by atoms with Crippen LogP contribution in [0.2, 0.25) is 5.02 Å². The van der Waals surface area contributed by atoms with Gasteiger partial charge in [-0.05, 0) is 37.1 Å². The number of aromatic carboxylic acids is 1. The molecular formula is C18H22ClNO6S2. The lowest BCUT2D eigenvalue weighted by molar-refractivity contribution is 0.0702. The first-order valence-electron chi connectivity index (χ1n) is 8.43. The van der Waals surface area contributed by atoms with Crippen LogP contribution in [0.5, 0.6) is 11.5 Å². The number of aryl methyl sites for hydroxylation is 1. The second-order valence-corrected chi connectivity index (χ2v) is 9.60. The highest BCUT2D eigenvalue weighted by atomic mass is 35.5. The maximum Gasteiger partial charge on any atom is 0.345 e. The van der Waals surface area contributed by atoms with Crippen LogP contribution >= 0.6 is 22.9 Å². The van der Waals surface area contributed by atoms with E-state index in [2.05, 4.69) is 0 Å². The fraction of sp³-hybridized carbons (Fsp3) is 0.389. The first-order valence-corrected chi connectivity index (χ1v) is 11.5. The molecule has 0 aliphatic rings. The second-order valence-electron chi connectivity index (χ2n) is 6.01. The van der Waals surface area contributed by atoms with Crippen molar-refractivity contribution in [2.45, 2.75) is 12.8 Å². The van der Waals surface area contributed by atoms with Gasteiger partial charge in [0.15, 0.2) is 0 Å². The van der Waals surface area contributed by atoms with Gasteiger partial charge < -0.3 is 14.6 Å². The molecule has 0 amide bonds. The molecule has 1 heterocycles. The molecule has 1 aromatic carbocycles. The third kappa shape index (κ3) is 6.97. The summed E-state index contributed by atoms with van der Waals surface area (Å²) >= 11 is 7.19. The van der Waals surface area contributed by atoms with Gasteiger partial charge >= 0.3 is 5.97 Å². The minimum atomic E-state index is -3.39. The van der Waals surface area contributed by atoms with Crippen molar-refractivity contribution in [3.63, 3.8) is 0 Å². The monoisotopic (exact) mass is 447 g/mol. The maximum atomic E-state index is 12.0. The van der Waals surface area contributed by atoms with Gasteiger partial charge in [-0.25, -0.2) is 13.2 Å². The van der Waals surface area contributed by atoms with E-state index in [-0.39, 0.29) is 18.0 Å². The van der Waals surface area contributed by atoms with Gasteiger partial charge in [0.2, 0.25) is 10.0 Å². The van der Waals surface area contributed by atoms with Gasteiger partial charge in [0, 0.05) is 29.1 Å². The molecule has 0 bridgehead atoms. The summed E-state index contributed by atoms with van der Waals surface area (Å²) in [4.78, 5) is 12.1. The Kier molecular flexibility index (Phi) is 8.11. The summed E-state index contributed by atoms with van der Waals surface area (Å²) in [6.07, 6.45) is 2.34. The lowest BCUT2D eigenvalue weighted by Crippen LogP contribution is -2.34. The number of carboxylic acids is 1. The van der Waals surface area contributed by atoms with Gasteiger partial charge in [-0.15, -0.1) is 11.3 Å². The number of sulfonamides is 1. The Bertz CT molecular complexity index is 913. The largest absolute Gasteiger partial charge is 0.497 e. The molecule has 0 fully saturated rings. The number of carboxylic acid groups (broad SMARTS) is 1. The molecular weight excluding hydrogens is 426 g/mol. The van der Waals surface area contributed by atoms with Crippen LogP contribution in [0.1, 0.15) is 21.0 Å². The molecule has 2 rings (SSSR count). The van der Waals surface area contributed by atoms with Crippen molar-refractivity contribution in [2.24, 2.45) is 0 Å². The number of methoxy groups -OCH3 is 1. The summed E-state index contributed by atoms with van der Waals surface area (Å²) in [7, 11) is -1.87. The van der Waals surface area contributed by atoms with Gasteiger partial charge in [0.05, 0.1) is 13.4 Å². The molecule has 1 aromatic heterocycles. The third-order valence-corrected chi connectivity index (χ3v) is 6.52. The van der Waals surface area contributed by atoms with Gasteiger partial charge in [-0.3, -0.25) is 0 Å². The van der Waals surface area contributed by atoms with E-state index in [9.17, 15) is 13.2 Å².